The van der Waals surface area contributed by atoms with Crippen molar-refractivity contribution in [3.8, 4) is 0 Å². The van der Waals surface area contributed by atoms with Crippen molar-refractivity contribution < 1.29 is 9.53 Å². The Morgan fingerprint density at radius 2 is 2.26 bits per heavy atom. The minimum atomic E-state index is -0.531. The molecular weight excluding hydrogens is 310 g/mol. The smallest absolute Gasteiger partial charge is 0.316 e. The van der Waals surface area contributed by atoms with E-state index in [0.29, 0.717) is 18.6 Å². The normalized spacial score (nSPS) is 25.2. The molecule has 0 saturated heterocycles. The molecule has 23 heavy (non-hydrogen) atoms. The lowest BCUT2D eigenvalue weighted by Gasteiger charge is -2.23. The summed E-state index contributed by atoms with van der Waals surface area (Å²) in [5.41, 5.74) is 0.379. The number of thioether (sulfide) groups is 1. The Kier molecular flexibility index (Phi) is 4.80. The maximum absolute atomic E-state index is 12.4. The predicted molar refractivity (Wildman–Crippen MR) is 91.8 cm³/mol. The Bertz CT molecular complexity index is 589. The molecule has 2 saturated carbocycles. The molecular formula is C17H25N3O2S. The van der Waals surface area contributed by atoms with E-state index < -0.39 is 5.41 Å². The maximum Gasteiger partial charge on any atom is 0.316 e. The first kappa shape index (κ1) is 16.6. The van der Waals surface area contributed by atoms with Crippen molar-refractivity contribution in [2.24, 2.45) is 5.92 Å². The van der Waals surface area contributed by atoms with Gasteiger partial charge in [-0.2, -0.15) is 0 Å². The van der Waals surface area contributed by atoms with E-state index in [1.807, 2.05) is 19.4 Å². The summed E-state index contributed by atoms with van der Waals surface area (Å²) in [6, 6.07) is 0.427. The molecule has 2 atom stereocenters. The summed E-state index contributed by atoms with van der Waals surface area (Å²) < 4.78 is 5.30. The van der Waals surface area contributed by atoms with Crippen molar-refractivity contribution in [1.82, 2.24) is 9.97 Å². The maximum atomic E-state index is 12.4. The van der Waals surface area contributed by atoms with E-state index in [-0.39, 0.29) is 5.97 Å². The molecule has 0 radical (unpaired) electrons. The van der Waals surface area contributed by atoms with E-state index in [2.05, 4.69) is 22.2 Å². The van der Waals surface area contributed by atoms with Gasteiger partial charge >= 0.3 is 5.97 Å². The van der Waals surface area contributed by atoms with Crippen LogP contribution in [0.15, 0.2) is 11.4 Å². The van der Waals surface area contributed by atoms with Gasteiger partial charge in [0, 0.05) is 17.8 Å². The summed E-state index contributed by atoms with van der Waals surface area (Å²) in [5.74, 6) is 1.32. The molecule has 5 nitrogen and oxygen atoms in total. The first-order chi connectivity index (χ1) is 11.1. The van der Waals surface area contributed by atoms with Gasteiger partial charge in [-0.15, -0.1) is 0 Å². The number of nitrogens with one attached hydrogen (secondary N) is 1. The average molecular weight is 335 g/mol. The highest BCUT2D eigenvalue weighted by molar-refractivity contribution is 7.98. The van der Waals surface area contributed by atoms with Gasteiger partial charge in [-0.25, -0.2) is 9.97 Å². The van der Waals surface area contributed by atoms with Gasteiger partial charge in [-0.1, -0.05) is 25.1 Å². The van der Waals surface area contributed by atoms with Gasteiger partial charge in [-0.3, -0.25) is 4.79 Å². The Labute approximate surface area is 142 Å². The summed E-state index contributed by atoms with van der Waals surface area (Å²) in [7, 11) is 0. The zero-order chi connectivity index (χ0) is 16.4. The molecule has 1 aromatic rings. The van der Waals surface area contributed by atoms with E-state index in [1.165, 1.54) is 24.6 Å². The fraction of sp³-hybridized carbons (Fsp3) is 0.706. The monoisotopic (exact) mass is 335 g/mol. The quantitative estimate of drug-likeness (QED) is 0.488. The number of anilines is 1. The van der Waals surface area contributed by atoms with Gasteiger partial charge < -0.3 is 10.1 Å². The third kappa shape index (κ3) is 3.18. The number of carbonyl (C=O) groups is 1. The largest absolute Gasteiger partial charge is 0.465 e. The molecule has 0 spiro atoms. The van der Waals surface area contributed by atoms with Crippen molar-refractivity contribution in [3.63, 3.8) is 0 Å². The molecule has 2 fully saturated rings. The molecule has 0 bridgehead atoms. The summed E-state index contributed by atoms with van der Waals surface area (Å²) in [6.45, 7) is 4.53. The van der Waals surface area contributed by atoms with Gasteiger partial charge in [0.25, 0.3) is 0 Å². The first-order valence-corrected chi connectivity index (χ1v) is 9.68. The van der Waals surface area contributed by atoms with Crippen molar-refractivity contribution in [2.45, 2.75) is 62.6 Å². The fourth-order valence-corrected chi connectivity index (χ4v) is 3.78. The first-order valence-electron chi connectivity index (χ1n) is 8.46. The number of hydrogen-bond acceptors (Lipinski definition) is 6. The van der Waals surface area contributed by atoms with Crippen LogP contribution in [-0.4, -0.2) is 34.8 Å². The molecule has 1 aromatic heterocycles. The van der Waals surface area contributed by atoms with Crippen molar-refractivity contribution in [3.05, 3.63) is 11.8 Å². The molecule has 1 heterocycles. The number of ether oxygens (including phenoxy) is 1. The molecule has 0 amide bonds. The predicted octanol–water partition coefficient (Wildman–Crippen LogP) is 3.39. The van der Waals surface area contributed by atoms with Crippen LogP contribution in [0.2, 0.25) is 0 Å². The number of carbonyl (C=O) groups excluding carboxylic acids is 1. The third-order valence-corrected chi connectivity index (χ3v) is 5.63. The van der Waals surface area contributed by atoms with Crippen LogP contribution < -0.4 is 5.32 Å². The Balaban J connectivity index is 1.91. The minimum absolute atomic E-state index is 0.136. The van der Waals surface area contributed by atoms with E-state index in [1.54, 1.807) is 0 Å². The van der Waals surface area contributed by atoms with Crippen LogP contribution in [0, 0.1) is 5.92 Å². The SMILES string of the molecule is CCOC(=O)C1(c2cnc(SC)nc2NC2CCCC2C)CC1. The summed E-state index contributed by atoms with van der Waals surface area (Å²) in [6.07, 6.45) is 9.09. The second-order valence-corrected chi connectivity index (χ2v) is 7.35. The molecule has 0 aromatic carbocycles. The van der Waals surface area contributed by atoms with Crippen LogP contribution in [-0.2, 0) is 14.9 Å². The molecule has 2 aliphatic carbocycles. The number of rotatable bonds is 6. The highest BCUT2D eigenvalue weighted by Gasteiger charge is 2.55. The topological polar surface area (TPSA) is 64.1 Å². The minimum Gasteiger partial charge on any atom is -0.465 e. The second-order valence-electron chi connectivity index (χ2n) is 6.58. The standard InChI is InChI=1S/C17H25N3O2S/c1-4-22-15(21)17(8-9-17)12-10-18-16(23-3)20-14(12)19-13-7-5-6-11(13)2/h10-11,13H,4-9H2,1-3H3,(H,18,19,20). The summed E-state index contributed by atoms with van der Waals surface area (Å²) in [4.78, 5) is 21.5. The Morgan fingerprint density at radius 1 is 1.48 bits per heavy atom. The van der Waals surface area contributed by atoms with Crippen LogP contribution >= 0.6 is 11.8 Å². The number of nitrogens with zero attached hydrogens (tertiary/aromatic N) is 2. The van der Waals surface area contributed by atoms with Crippen LogP contribution in [0.5, 0.6) is 0 Å². The lowest BCUT2D eigenvalue weighted by atomic mass is 9.97. The highest BCUT2D eigenvalue weighted by atomic mass is 32.2. The summed E-state index contributed by atoms with van der Waals surface area (Å²) >= 11 is 1.52. The number of esters is 1. The third-order valence-electron chi connectivity index (χ3n) is 5.06. The Morgan fingerprint density at radius 3 is 2.83 bits per heavy atom. The number of aromatic nitrogens is 2. The molecule has 6 heteroatoms. The molecule has 1 N–H and O–H groups in total. The van der Waals surface area contributed by atoms with Crippen LogP contribution in [0.25, 0.3) is 0 Å². The van der Waals surface area contributed by atoms with Crippen molar-refractivity contribution in [2.75, 3.05) is 18.2 Å². The Hall–Kier alpha value is -1.30. The van der Waals surface area contributed by atoms with Crippen LogP contribution in [0.3, 0.4) is 0 Å². The van der Waals surface area contributed by atoms with E-state index in [9.17, 15) is 4.79 Å². The lowest BCUT2D eigenvalue weighted by molar-refractivity contribution is -0.146. The molecule has 2 unspecified atom stereocenters. The average Bonchev–Trinajstić information content (AvgIpc) is 3.27. The molecule has 3 rings (SSSR count). The fourth-order valence-electron chi connectivity index (χ4n) is 3.44. The molecule has 126 valence electrons. The van der Waals surface area contributed by atoms with Crippen molar-refractivity contribution in [1.29, 1.82) is 0 Å². The molecule has 0 aliphatic heterocycles. The molecule has 2 aliphatic rings. The van der Waals surface area contributed by atoms with E-state index in [0.717, 1.165) is 35.8 Å². The van der Waals surface area contributed by atoms with Gasteiger partial charge in [0.1, 0.15) is 5.82 Å². The van der Waals surface area contributed by atoms with Crippen LogP contribution in [0.1, 0.15) is 51.5 Å². The second kappa shape index (κ2) is 6.67. The van der Waals surface area contributed by atoms with Crippen molar-refractivity contribution >= 4 is 23.5 Å². The zero-order valence-electron chi connectivity index (χ0n) is 14.1. The van der Waals surface area contributed by atoms with Crippen LogP contribution in [0.4, 0.5) is 5.82 Å². The van der Waals surface area contributed by atoms with E-state index in [4.69, 9.17) is 4.74 Å². The van der Waals surface area contributed by atoms with Gasteiger partial charge in [0.2, 0.25) is 0 Å². The van der Waals surface area contributed by atoms with Gasteiger partial charge in [0.05, 0.1) is 12.0 Å². The van der Waals surface area contributed by atoms with E-state index >= 15 is 0 Å². The number of hydrogen-bond donors (Lipinski definition) is 1. The lowest BCUT2D eigenvalue weighted by Crippen LogP contribution is -2.28. The highest BCUT2D eigenvalue weighted by Crippen LogP contribution is 2.51. The zero-order valence-corrected chi connectivity index (χ0v) is 14.9. The van der Waals surface area contributed by atoms with Gasteiger partial charge in [0.15, 0.2) is 5.16 Å². The van der Waals surface area contributed by atoms with Gasteiger partial charge in [-0.05, 0) is 44.8 Å². The summed E-state index contributed by atoms with van der Waals surface area (Å²) in [5, 5.41) is 4.34.